The zero-order chi connectivity index (χ0) is 32.7. The summed E-state index contributed by atoms with van der Waals surface area (Å²) in [4.78, 5) is 18.1. The van der Waals surface area contributed by atoms with Gasteiger partial charge in [0.2, 0.25) is 10.0 Å². The second kappa shape index (κ2) is 10.2. The molecular formula is C35H30F2N4O4S. The molecule has 7 rings (SSSR count). The molecule has 8 nitrogen and oxygen atoms in total. The molecule has 11 heteroatoms. The summed E-state index contributed by atoms with van der Waals surface area (Å²) in [7, 11) is -0.810. The number of fused-ring (bicyclic) bond motifs is 6. The Morgan fingerprint density at radius 3 is 2.46 bits per heavy atom. The fraction of sp³-hybridized carbons (Fsp3) is 0.200. The van der Waals surface area contributed by atoms with E-state index in [2.05, 4.69) is 23.7 Å². The first-order chi connectivity index (χ1) is 21.8. The van der Waals surface area contributed by atoms with E-state index in [9.17, 15) is 22.0 Å². The molecule has 234 valence electrons. The first-order valence-corrected chi connectivity index (χ1v) is 16.5. The lowest BCUT2D eigenvalue weighted by Crippen LogP contribution is -2.33. The highest BCUT2D eigenvalue weighted by atomic mass is 32.2. The van der Waals surface area contributed by atoms with Gasteiger partial charge in [0.05, 0.1) is 34.4 Å². The standard InChI is InChI=1S/C35H30F2N4O4S/c1-35(2)17-20-18-39-27(14-22(20)30-15-23-26(37)7-6-8-28(23)41(30)35)24-13-25-31(16-29(24)40(4)46(5,43)44)45-33(32(25)34(42)38-3)19-9-11-21(36)12-10-19/h6-16,18H,17H2,1-5H3,(H,38,42). The van der Waals surface area contributed by atoms with Gasteiger partial charge in [0, 0.05) is 59.4 Å². The predicted octanol–water partition coefficient (Wildman–Crippen LogP) is 7.11. The van der Waals surface area contributed by atoms with E-state index in [0.29, 0.717) is 34.0 Å². The molecule has 4 heterocycles. The van der Waals surface area contributed by atoms with Crippen molar-refractivity contribution >= 4 is 43.5 Å². The Morgan fingerprint density at radius 1 is 1.02 bits per heavy atom. The number of anilines is 1. The summed E-state index contributed by atoms with van der Waals surface area (Å²) >= 11 is 0. The van der Waals surface area contributed by atoms with Gasteiger partial charge in [-0.2, -0.15) is 0 Å². The molecule has 0 saturated carbocycles. The molecule has 3 aromatic carbocycles. The van der Waals surface area contributed by atoms with E-state index in [1.807, 2.05) is 18.2 Å². The van der Waals surface area contributed by atoms with Gasteiger partial charge in [-0.3, -0.25) is 14.1 Å². The normalized spacial score (nSPS) is 13.9. The van der Waals surface area contributed by atoms with E-state index in [1.54, 1.807) is 24.4 Å². The lowest BCUT2D eigenvalue weighted by Gasteiger charge is -2.36. The highest BCUT2D eigenvalue weighted by molar-refractivity contribution is 7.92. The highest BCUT2D eigenvalue weighted by Gasteiger charge is 2.34. The lowest BCUT2D eigenvalue weighted by atomic mass is 9.86. The van der Waals surface area contributed by atoms with Crippen molar-refractivity contribution in [2.75, 3.05) is 24.7 Å². The van der Waals surface area contributed by atoms with Gasteiger partial charge in [-0.25, -0.2) is 17.2 Å². The monoisotopic (exact) mass is 640 g/mol. The Hall–Kier alpha value is -5.03. The quantitative estimate of drug-likeness (QED) is 0.217. The van der Waals surface area contributed by atoms with E-state index in [-0.39, 0.29) is 34.0 Å². The van der Waals surface area contributed by atoms with Crippen molar-refractivity contribution in [2.24, 2.45) is 0 Å². The predicted molar refractivity (Wildman–Crippen MR) is 175 cm³/mol. The number of nitrogens with one attached hydrogen (secondary N) is 1. The van der Waals surface area contributed by atoms with Gasteiger partial charge in [-0.1, -0.05) is 6.07 Å². The van der Waals surface area contributed by atoms with Crippen LogP contribution in [0.3, 0.4) is 0 Å². The minimum Gasteiger partial charge on any atom is -0.455 e. The molecule has 0 spiro atoms. The summed E-state index contributed by atoms with van der Waals surface area (Å²) in [6.07, 6.45) is 3.51. The number of hydrogen-bond acceptors (Lipinski definition) is 5. The molecule has 0 aliphatic carbocycles. The maximum atomic E-state index is 15.0. The number of rotatable bonds is 5. The molecule has 0 radical (unpaired) electrons. The minimum absolute atomic E-state index is 0.214. The molecule has 3 aromatic heterocycles. The number of amides is 1. The van der Waals surface area contributed by atoms with Crippen LogP contribution in [0.2, 0.25) is 0 Å². The highest BCUT2D eigenvalue weighted by Crippen LogP contribution is 2.45. The molecule has 1 aliphatic rings. The lowest BCUT2D eigenvalue weighted by molar-refractivity contribution is 0.0964. The van der Waals surface area contributed by atoms with Gasteiger partial charge in [0.1, 0.15) is 23.0 Å². The second-order valence-corrected chi connectivity index (χ2v) is 14.3. The number of halogens is 2. The van der Waals surface area contributed by atoms with E-state index < -0.39 is 21.7 Å². The van der Waals surface area contributed by atoms with E-state index in [0.717, 1.165) is 32.9 Å². The summed E-state index contributed by atoms with van der Waals surface area (Å²) in [6.45, 7) is 4.20. The second-order valence-electron chi connectivity index (χ2n) is 12.2. The number of furan rings is 1. The summed E-state index contributed by atoms with van der Waals surface area (Å²) in [6, 6.07) is 17.6. The number of aromatic nitrogens is 2. The van der Waals surface area contributed by atoms with Crippen molar-refractivity contribution in [1.29, 1.82) is 0 Å². The van der Waals surface area contributed by atoms with Crippen molar-refractivity contribution in [2.45, 2.75) is 25.8 Å². The van der Waals surface area contributed by atoms with Crippen LogP contribution in [0.25, 0.3) is 55.7 Å². The Bertz CT molecular complexity index is 2340. The maximum Gasteiger partial charge on any atom is 0.255 e. The van der Waals surface area contributed by atoms with Crippen LogP contribution < -0.4 is 9.62 Å². The molecule has 1 N–H and O–H groups in total. The largest absolute Gasteiger partial charge is 0.455 e. The van der Waals surface area contributed by atoms with Crippen molar-refractivity contribution < 1.29 is 26.4 Å². The number of benzene rings is 3. The number of sulfonamides is 1. The van der Waals surface area contributed by atoms with Crippen molar-refractivity contribution in [3.63, 3.8) is 0 Å². The van der Waals surface area contributed by atoms with Crippen LogP contribution in [-0.4, -0.2) is 44.2 Å². The zero-order valence-corrected chi connectivity index (χ0v) is 26.6. The average molecular weight is 641 g/mol. The average Bonchev–Trinajstić information content (AvgIpc) is 3.60. The summed E-state index contributed by atoms with van der Waals surface area (Å²) in [5.41, 5.74) is 5.20. The first kappa shape index (κ1) is 29.7. The van der Waals surface area contributed by atoms with Crippen LogP contribution in [-0.2, 0) is 22.0 Å². The van der Waals surface area contributed by atoms with Crippen LogP contribution in [0.15, 0.2) is 77.3 Å². The molecule has 1 aliphatic heterocycles. The van der Waals surface area contributed by atoms with E-state index in [4.69, 9.17) is 9.40 Å². The zero-order valence-electron chi connectivity index (χ0n) is 25.8. The van der Waals surface area contributed by atoms with Crippen LogP contribution in [0.4, 0.5) is 14.5 Å². The van der Waals surface area contributed by atoms with Crippen LogP contribution >= 0.6 is 0 Å². The smallest absolute Gasteiger partial charge is 0.255 e. The minimum atomic E-state index is -3.74. The number of carbonyl (C=O) groups excluding carboxylic acids is 1. The molecular weight excluding hydrogens is 610 g/mol. The van der Waals surface area contributed by atoms with E-state index >= 15 is 0 Å². The first-order valence-electron chi connectivity index (χ1n) is 14.6. The molecule has 6 aromatic rings. The van der Waals surface area contributed by atoms with Gasteiger partial charge in [0.15, 0.2) is 0 Å². The van der Waals surface area contributed by atoms with Gasteiger partial charge in [-0.05, 0) is 80.4 Å². The molecule has 0 saturated heterocycles. The number of carbonyl (C=O) groups is 1. The van der Waals surface area contributed by atoms with Gasteiger partial charge in [0.25, 0.3) is 5.91 Å². The molecule has 0 unspecified atom stereocenters. The van der Waals surface area contributed by atoms with E-state index in [1.165, 1.54) is 44.4 Å². The Kier molecular flexibility index (Phi) is 6.61. The van der Waals surface area contributed by atoms with Crippen LogP contribution in [0.1, 0.15) is 29.8 Å². The molecule has 0 atom stereocenters. The third kappa shape index (κ3) is 4.56. The molecule has 1 amide bonds. The third-order valence-electron chi connectivity index (χ3n) is 8.76. The van der Waals surface area contributed by atoms with Gasteiger partial charge >= 0.3 is 0 Å². The number of hydrogen-bond donors (Lipinski definition) is 1. The van der Waals surface area contributed by atoms with Gasteiger partial charge in [-0.15, -0.1) is 0 Å². The summed E-state index contributed by atoms with van der Waals surface area (Å²) < 4.78 is 63.9. The molecule has 0 fully saturated rings. The van der Waals surface area contributed by atoms with Crippen LogP contribution in [0.5, 0.6) is 0 Å². The van der Waals surface area contributed by atoms with Crippen molar-refractivity contribution in [1.82, 2.24) is 14.9 Å². The Balaban J connectivity index is 1.51. The Morgan fingerprint density at radius 2 is 1.76 bits per heavy atom. The third-order valence-corrected chi connectivity index (χ3v) is 9.95. The topological polar surface area (TPSA) is 97.4 Å². The SMILES string of the molecule is CNC(=O)c1c(-c2ccc(F)cc2)oc2cc(N(C)S(C)(=O)=O)c(-c3cc4c(cn3)CC(C)(C)n3c-4cc4c(F)cccc43)cc12. The number of nitrogens with zero attached hydrogens (tertiary/aromatic N) is 3. The fourth-order valence-corrected chi connectivity index (χ4v) is 7.04. The van der Waals surface area contributed by atoms with Crippen molar-refractivity contribution in [3.05, 3.63) is 95.7 Å². The molecule has 0 bridgehead atoms. The van der Waals surface area contributed by atoms with Crippen LogP contribution in [0, 0.1) is 11.6 Å². The number of pyridine rings is 1. The molecule has 46 heavy (non-hydrogen) atoms. The Labute approximate surface area is 264 Å². The summed E-state index contributed by atoms with van der Waals surface area (Å²) in [5.74, 6) is -0.969. The maximum absolute atomic E-state index is 15.0. The fourth-order valence-electron chi connectivity index (χ4n) is 6.53. The summed E-state index contributed by atoms with van der Waals surface area (Å²) in [5, 5.41) is 3.59. The van der Waals surface area contributed by atoms with Gasteiger partial charge < -0.3 is 14.3 Å². The van der Waals surface area contributed by atoms with Crippen molar-refractivity contribution in [3.8, 4) is 33.8 Å².